The number of fused-ring (bicyclic) bond motifs is 1. The monoisotopic (exact) mass is 482 g/mol. The maximum Gasteiger partial charge on any atom is 0.259 e. The molecule has 184 valence electrons. The van der Waals surface area contributed by atoms with Crippen LogP contribution in [-0.2, 0) is 4.79 Å². The first kappa shape index (κ1) is 23.7. The number of benzene rings is 3. The third-order valence-electron chi connectivity index (χ3n) is 6.86. The largest absolute Gasteiger partial charge is 0.493 e. The molecule has 0 bridgehead atoms. The van der Waals surface area contributed by atoms with Crippen LogP contribution in [0.1, 0.15) is 48.7 Å². The molecule has 0 aromatic heterocycles. The van der Waals surface area contributed by atoms with Gasteiger partial charge < -0.3 is 14.8 Å². The van der Waals surface area contributed by atoms with E-state index in [0.29, 0.717) is 41.2 Å². The van der Waals surface area contributed by atoms with E-state index < -0.39 is 6.04 Å². The number of anilines is 2. The maximum absolute atomic E-state index is 14.2. The van der Waals surface area contributed by atoms with Gasteiger partial charge in [-0.2, -0.15) is 0 Å². The van der Waals surface area contributed by atoms with Crippen molar-refractivity contribution in [2.24, 2.45) is 5.41 Å². The molecular weight excluding hydrogens is 452 g/mol. The number of amides is 1. The molecule has 1 aliphatic carbocycles. The Morgan fingerprint density at radius 1 is 0.917 bits per heavy atom. The minimum Gasteiger partial charge on any atom is -0.493 e. The van der Waals surface area contributed by atoms with E-state index in [4.69, 9.17) is 9.47 Å². The fourth-order valence-electron chi connectivity index (χ4n) is 5.27. The van der Waals surface area contributed by atoms with E-state index in [9.17, 15) is 9.59 Å². The van der Waals surface area contributed by atoms with E-state index in [1.807, 2.05) is 60.7 Å². The van der Waals surface area contributed by atoms with Gasteiger partial charge in [-0.15, -0.1) is 0 Å². The summed E-state index contributed by atoms with van der Waals surface area (Å²) in [5.74, 6) is 0.973. The molecule has 1 aliphatic heterocycles. The van der Waals surface area contributed by atoms with Crippen LogP contribution in [0, 0.1) is 5.41 Å². The standard InChI is InChI=1S/C30H30N2O4/c1-30(2)17-22-27(24(33)18-30)28(20-14-15-25(35-3)26(16-20)36-4)32(23-13-9-8-12-21(23)31-22)29(34)19-10-6-5-7-11-19/h5-16,28,31H,17-18H2,1-4H3. The van der Waals surface area contributed by atoms with E-state index in [1.165, 1.54) is 0 Å². The highest BCUT2D eigenvalue weighted by molar-refractivity contribution is 6.12. The van der Waals surface area contributed by atoms with Gasteiger partial charge in [0, 0.05) is 23.3 Å². The van der Waals surface area contributed by atoms with E-state index in [-0.39, 0.29) is 17.1 Å². The lowest BCUT2D eigenvalue weighted by atomic mass is 9.73. The number of ether oxygens (including phenoxy) is 2. The number of hydrogen-bond acceptors (Lipinski definition) is 5. The first-order valence-corrected chi connectivity index (χ1v) is 12.1. The molecule has 2 aliphatic rings. The molecule has 1 amide bonds. The maximum atomic E-state index is 14.2. The lowest BCUT2D eigenvalue weighted by Gasteiger charge is -2.37. The molecule has 5 rings (SSSR count). The van der Waals surface area contributed by atoms with Crippen molar-refractivity contribution in [1.29, 1.82) is 0 Å². The summed E-state index contributed by atoms with van der Waals surface area (Å²) in [6.07, 6.45) is 1.10. The highest BCUT2D eigenvalue weighted by Crippen LogP contribution is 2.49. The number of rotatable bonds is 4. The van der Waals surface area contributed by atoms with Crippen LogP contribution in [0.4, 0.5) is 11.4 Å². The quantitative estimate of drug-likeness (QED) is 0.482. The van der Waals surface area contributed by atoms with E-state index in [1.54, 1.807) is 31.3 Å². The molecule has 0 fully saturated rings. The summed E-state index contributed by atoms with van der Waals surface area (Å²) >= 11 is 0. The molecule has 1 N–H and O–H groups in total. The Labute approximate surface area is 211 Å². The number of methoxy groups -OCH3 is 2. The Kier molecular flexibility index (Phi) is 6.04. The Morgan fingerprint density at radius 3 is 2.33 bits per heavy atom. The van der Waals surface area contributed by atoms with Gasteiger partial charge in [0.1, 0.15) is 0 Å². The van der Waals surface area contributed by atoms with Crippen molar-refractivity contribution in [3.05, 3.63) is 95.2 Å². The molecule has 0 saturated heterocycles. The minimum absolute atomic E-state index is 0.0344. The molecule has 1 heterocycles. The number of nitrogens with one attached hydrogen (secondary N) is 1. The van der Waals surface area contributed by atoms with Crippen LogP contribution in [0.5, 0.6) is 11.5 Å². The first-order chi connectivity index (χ1) is 17.3. The molecule has 1 atom stereocenters. The number of nitrogens with zero attached hydrogens (tertiary/aromatic N) is 1. The van der Waals surface area contributed by atoms with Gasteiger partial charge in [0.25, 0.3) is 5.91 Å². The summed E-state index contributed by atoms with van der Waals surface area (Å²) in [6, 6.07) is 21.8. The van der Waals surface area contributed by atoms with Crippen molar-refractivity contribution in [1.82, 2.24) is 0 Å². The summed E-state index contributed by atoms with van der Waals surface area (Å²) in [5.41, 5.74) is 4.10. The average Bonchev–Trinajstić information content (AvgIpc) is 3.02. The van der Waals surface area contributed by atoms with Crippen molar-refractivity contribution < 1.29 is 19.1 Å². The molecule has 6 heteroatoms. The molecular formula is C30H30N2O4. The highest BCUT2D eigenvalue weighted by atomic mass is 16.5. The predicted molar refractivity (Wildman–Crippen MR) is 141 cm³/mol. The normalized spacial score (nSPS) is 18.5. The summed E-state index contributed by atoms with van der Waals surface area (Å²) in [7, 11) is 3.17. The third-order valence-corrected chi connectivity index (χ3v) is 6.86. The van der Waals surface area contributed by atoms with Crippen molar-refractivity contribution >= 4 is 23.1 Å². The number of Topliss-reactive ketones (excluding diaryl/α,β-unsaturated/α-hetero) is 1. The number of para-hydroxylation sites is 2. The van der Waals surface area contributed by atoms with Gasteiger partial charge in [-0.3, -0.25) is 14.5 Å². The van der Waals surface area contributed by atoms with Crippen LogP contribution in [0.15, 0.2) is 84.1 Å². The zero-order valence-corrected chi connectivity index (χ0v) is 21.0. The van der Waals surface area contributed by atoms with Gasteiger partial charge in [0.05, 0.1) is 31.6 Å². The summed E-state index contributed by atoms with van der Waals surface area (Å²) in [5, 5.41) is 3.54. The summed E-state index contributed by atoms with van der Waals surface area (Å²) in [6.45, 7) is 4.21. The van der Waals surface area contributed by atoms with E-state index >= 15 is 0 Å². The van der Waals surface area contributed by atoms with Crippen molar-refractivity contribution in [2.75, 3.05) is 24.4 Å². The van der Waals surface area contributed by atoms with Crippen molar-refractivity contribution in [3.8, 4) is 11.5 Å². The zero-order valence-electron chi connectivity index (χ0n) is 21.0. The zero-order chi connectivity index (χ0) is 25.4. The number of hydrogen-bond donors (Lipinski definition) is 1. The number of ketones is 1. The molecule has 0 spiro atoms. The molecule has 3 aromatic rings. The second-order valence-corrected chi connectivity index (χ2v) is 10.0. The predicted octanol–water partition coefficient (Wildman–Crippen LogP) is 6.16. The van der Waals surface area contributed by atoms with Crippen LogP contribution >= 0.6 is 0 Å². The first-order valence-electron chi connectivity index (χ1n) is 12.1. The summed E-state index contributed by atoms with van der Waals surface area (Å²) < 4.78 is 11.1. The van der Waals surface area contributed by atoms with Crippen LogP contribution < -0.4 is 19.7 Å². The molecule has 1 unspecified atom stereocenters. The third kappa shape index (κ3) is 4.13. The smallest absolute Gasteiger partial charge is 0.259 e. The molecule has 6 nitrogen and oxygen atoms in total. The second kappa shape index (κ2) is 9.19. The highest BCUT2D eigenvalue weighted by Gasteiger charge is 2.43. The van der Waals surface area contributed by atoms with Crippen molar-refractivity contribution in [3.63, 3.8) is 0 Å². The van der Waals surface area contributed by atoms with Crippen LogP contribution in [-0.4, -0.2) is 25.9 Å². The SMILES string of the molecule is COc1ccc(C2C3=C(CC(C)(C)CC3=O)Nc3ccccc3N2C(=O)c2ccccc2)cc1OC. The second-order valence-electron chi connectivity index (χ2n) is 10.0. The lowest BCUT2D eigenvalue weighted by molar-refractivity contribution is -0.118. The Bertz CT molecular complexity index is 1360. The number of carbonyl (C=O) groups excluding carboxylic acids is 2. The molecule has 0 radical (unpaired) electrons. The van der Waals surface area contributed by atoms with Gasteiger partial charge in [0.2, 0.25) is 0 Å². The molecule has 36 heavy (non-hydrogen) atoms. The average molecular weight is 483 g/mol. The Morgan fingerprint density at radius 2 is 1.61 bits per heavy atom. The fourth-order valence-corrected chi connectivity index (χ4v) is 5.27. The minimum atomic E-state index is -0.646. The Balaban J connectivity index is 1.80. The van der Waals surface area contributed by atoms with Gasteiger partial charge >= 0.3 is 0 Å². The Hall–Kier alpha value is -4.06. The van der Waals surface area contributed by atoms with E-state index in [2.05, 4.69) is 19.2 Å². The van der Waals surface area contributed by atoms with Crippen molar-refractivity contribution in [2.45, 2.75) is 32.7 Å². The van der Waals surface area contributed by atoms with Crippen LogP contribution in [0.25, 0.3) is 0 Å². The molecule has 3 aromatic carbocycles. The molecule has 0 saturated carbocycles. The van der Waals surface area contributed by atoms with E-state index in [0.717, 1.165) is 16.9 Å². The lowest BCUT2D eigenvalue weighted by Crippen LogP contribution is -2.39. The van der Waals surface area contributed by atoms with Crippen LogP contribution in [0.2, 0.25) is 0 Å². The van der Waals surface area contributed by atoms with Gasteiger partial charge in [-0.25, -0.2) is 0 Å². The van der Waals surface area contributed by atoms with Gasteiger partial charge in [0.15, 0.2) is 17.3 Å². The number of carbonyl (C=O) groups is 2. The van der Waals surface area contributed by atoms with Gasteiger partial charge in [-0.1, -0.05) is 50.2 Å². The fraction of sp³-hybridized carbons (Fsp3) is 0.267. The van der Waals surface area contributed by atoms with Gasteiger partial charge in [-0.05, 0) is 53.8 Å². The van der Waals surface area contributed by atoms with Crippen LogP contribution in [0.3, 0.4) is 0 Å². The summed E-state index contributed by atoms with van der Waals surface area (Å²) in [4.78, 5) is 29.8. The topological polar surface area (TPSA) is 67.9 Å². The number of allylic oxidation sites excluding steroid dienone is 1.